The lowest BCUT2D eigenvalue weighted by atomic mass is 10.0. The summed E-state index contributed by atoms with van der Waals surface area (Å²) in [5.41, 5.74) is 1.05. The zero-order valence-electron chi connectivity index (χ0n) is 9.26. The van der Waals surface area contributed by atoms with Gasteiger partial charge in [0.25, 0.3) is 0 Å². The Morgan fingerprint density at radius 2 is 2.00 bits per heavy atom. The van der Waals surface area contributed by atoms with E-state index in [1.807, 2.05) is 30.3 Å². The van der Waals surface area contributed by atoms with E-state index in [1.165, 1.54) is 0 Å². The molecule has 1 aromatic carbocycles. The fraction of sp³-hybridized carbons (Fsp3) is 0.417. The molecule has 0 saturated carbocycles. The van der Waals surface area contributed by atoms with Crippen LogP contribution in [-0.2, 0) is 6.42 Å². The van der Waals surface area contributed by atoms with Crippen LogP contribution < -0.4 is 5.32 Å². The predicted octanol–water partition coefficient (Wildman–Crippen LogP) is 1.64. The first-order valence-corrected chi connectivity index (χ1v) is 5.29. The van der Waals surface area contributed by atoms with Crippen molar-refractivity contribution >= 4 is 6.09 Å². The number of carbonyl (C=O) groups is 1. The second-order valence-electron chi connectivity index (χ2n) is 3.93. The Kier molecular flexibility index (Phi) is 4.79. The van der Waals surface area contributed by atoms with Gasteiger partial charge in [0, 0.05) is 6.04 Å². The topological polar surface area (TPSA) is 69.6 Å². The smallest absolute Gasteiger partial charge is 0.404 e. The normalized spacial score (nSPS) is 14.1. The van der Waals surface area contributed by atoms with Gasteiger partial charge < -0.3 is 15.5 Å². The van der Waals surface area contributed by atoms with Gasteiger partial charge in [-0.2, -0.15) is 0 Å². The van der Waals surface area contributed by atoms with Crippen molar-refractivity contribution in [2.75, 3.05) is 0 Å². The largest absolute Gasteiger partial charge is 0.465 e. The molecule has 0 saturated heterocycles. The van der Waals surface area contributed by atoms with Gasteiger partial charge in [-0.1, -0.05) is 30.3 Å². The van der Waals surface area contributed by atoms with E-state index in [1.54, 1.807) is 6.92 Å². The van der Waals surface area contributed by atoms with Gasteiger partial charge >= 0.3 is 6.09 Å². The van der Waals surface area contributed by atoms with E-state index in [0.717, 1.165) is 5.56 Å². The third kappa shape index (κ3) is 4.79. The molecule has 0 radical (unpaired) electrons. The number of hydrogen-bond acceptors (Lipinski definition) is 2. The molecule has 3 N–H and O–H groups in total. The summed E-state index contributed by atoms with van der Waals surface area (Å²) >= 11 is 0. The summed E-state index contributed by atoms with van der Waals surface area (Å²) in [5.74, 6) is 0. The van der Waals surface area contributed by atoms with Crippen LogP contribution in [0.5, 0.6) is 0 Å². The molecule has 0 bridgehead atoms. The molecule has 2 atom stereocenters. The Bertz CT molecular complexity index is 326. The molecule has 1 aromatic rings. The summed E-state index contributed by atoms with van der Waals surface area (Å²) in [6.45, 7) is 1.74. The minimum atomic E-state index is -1.06. The number of hydrogen-bond donors (Lipinski definition) is 3. The highest BCUT2D eigenvalue weighted by molar-refractivity contribution is 5.64. The van der Waals surface area contributed by atoms with Crippen LogP contribution >= 0.6 is 0 Å². The monoisotopic (exact) mass is 223 g/mol. The van der Waals surface area contributed by atoms with Crippen LogP contribution in [0.2, 0.25) is 0 Å². The number of carboxylic acid groups (broad SMARTS) is 1. The summed E-state index contributed by atoms with van der Waals surface area (Å²) in [7, 11) is 0. The quantitative estimate of drug-likeness (QED) is 0.710. The SMILES string of the molecule is C[C@@H](CC(O)Cc1ccccc1)NC(=O)O. The van der Waals surface area contributed by atoms with Crippen LogP contribution in [-0.4, -0.2) is 28.5 Å². The lowest BCUT2D eigenvalue weighted by Gasteiger charge is -2.16. The molecule has 0 heterocycles. The van der Waals surface area contributed by atoms with Gasteiger partial charge in [0.05, 0.1) is 6.10 Å². The molecule has 1 unspecified atom stereocenters. The van der Waals surface area contributed by atoms with Crippen molar-refractivity contribution < 1.29 is 15.0 Å². The van der Waals surface area contributed by atoms with Gasteiger partial charge in [0.15, 0.2) is 0 Å². The van der Waals surface area contributed by atoms with Gasteiger partial charge in [-0.05, 0) is 25.3 Å². The summed E-state index contributed by atoms with van der Waals surface area (Å²) in [4.78, 5) is 10.4. The Morgan fingerprint density at radius 1 is 1.38 bits per heavy atom. The summed E-state index contributed by atoms with van der Waals surface area (Å²) in [6.07, 6.45) is -0.614. The molecule has 1 rings (SSSR count). The average molecular weight is 223 g/mol. The Hall–Kier alpha value is -1.55. The molecule has 4 heteroatoms. The molecule has 88 valence electrons. The highest BCUT2D eigenvalue weighted by atomic mass is 16.4. The van der Waals surface area contributed by atoms with E-state index in [-0.39, 0.29) is 6.04 Å². The first kappa shape index (κ1) is 12.5. The molecule has 0 fully saturated rings. The van der Waals surface area contributed by atoms with Gasteiger partial charge in [-0.25, -0.2) is 4.79 Å². The summed E-state index contributed by atoms with van der Waals surface area (Å²) in [5, 5.41) is 20.6. The fourth-order valence-electron chi connectivity index (χ4n) is 1.65. The lowest BCUT2D eigenvalue weighted by molar-refractivity contribution is 0.147. The Balaban J connectivity index is 2.36. The Labute approximate surface area is 94.9 Å². The van der Waals surface area contributed by atoms with Crippen molar-refractivity contribution in [1.82, 2.24) is 5.32 Å². The number of aliphatic hydroxyl groups is 1. The first-order valence-electron chi connectivity index (χ1n) is 5.29. The van der Waals surface area contributed by atoms with E-state index in [2.05, 4.69) is 5.32 Å². The van der Waals surface area contributed by atoms with Crippen LogP contribution in [0.15, 0.2) is 30.3 Å². The lowest BCUT2D eigenvalue weighted by Crippen LogP contribution is -2.34. The molecule has 1 amide bonds. The highest BCUT2D eigenvalue weighted by Crippen LogP contribution is 2.07. The van der Waals surface area contributed by atoms with Crippen molar-refractivity contribution in [2.24, 2.45) is 0 Å². The van der Waals surface area contributed by atoms with Crippen molar-refractivity contribution in [2.45, 2.75) is 31.9 Å². The number of aliphatic hydroxyl groups excluding tert-OH is 1. The second-order valence-corrected chi connectivity index (χ2v) is 3.93. The average Bonchev–Trinajstić information content (AvgIpc) is 2.17. The van der Waals surface area contributed by atoms with Crippen LogP contribution in [0.4, 0.5) is 4.79 Å². The van der Waals surface area contributed by atoms with E-state index in [4.69, 9.17) is 5.11 Å². The molecule has 0 spiro atoms. The minimum absolute atomic E-state index is 0.240. The van der Waals surface area contributed by atoms with Gasteiger partial charge in [-0.15, -0.1) is 0 Å². The number of benzene rings is 1. The van der Waals surface area contributed by atoms with Crippen LogP contribution in [0, 0.1) is 0 Å². The standard InChI is InChI=1S/C12H17NO3/c1-9(13-12(15)16)7-11(14)8-10-5-3-2-4-6-10/h2-6,9,11,13-14H,7-8H2,1H3,(H,15,16)/t9-,11?/m0/s1. The van der Waals surface area contributed by atoms with Crippen LogP contribution in [0.25, 0.3) is 0 Å². The van der Waals surface area contributed by atoms with Crippen LogP contribution in [0.1, 0.15) is 18.9 Å². The zero-order valence-corrected chi connectivity index (χ0v) is 9.26. The van der Waals surface area contributed by atoms with E-state index < -0.39 is 12.2 Å². The molecule has 16 heavy (non-hydrogen) atoms. The molecule has 0 aromatic heterocycles. The van der Waals surface area contributed by atoms with E-state index in [0.29, 0.717) is 12.8 Å². The number of nitrogens with one attached hydrogen (secondary N) is 1. The maximum atomic E-state index is 10.4. The van der Waals surface area contributed by atoms with Crippen molar-refractivity contribution in [1.29, 1.82) is 0 Å². The molecule has 4 nitrogen and oxygen atoms in total. The van der Waals surface area contributed by atoms with Gasteiger partial charge in [0.1, 0.15) is 0 Å². The number of rotatable bonds is 5. The molecule has 0 aliphatic heterocycles. The van der Waals surface area contributed by atoms with Gasteiger partial charge in [-0.3, -0.25) is 0 Å². The maximum absolute atomic E-state index is 10.4. The maximum Gasteiger partial charge on any atom is 0.404 e. The molecule has 0 aliphatic rings. The van der Waals surface area contributed by atoms with E-state index in [9.17, 15) is 9.90 Å². The summed E-state index contributed by atoms with van der Waals surface area (Å²) < 4.78 is 0. The van der Waals surface area contributed by atoms with E-state index >= 15 is 0 Å². The number of amides is 1. The van der Waals surface area contributed by atoms with Gasteiger partial charge in [0.2, 0.25) is 0 Å². The summed E-state index contributed by atoms with van der Waals surface area (Å²) in [6, 6.07) is 9.40. The third-order valence-electron chi connectivity index (χ3n) is 2.31. The van der Waals surface area contributed by atoms with Crippen molar-refractivity contribution in [3.63, 3.8) is 0 Å². The third-order valence-corrected chi connectivity index (χ3v) is 2.31. The second kappa shape index (κ2) is 6.12. The molecular formula is C12H17NO3. The molecular weight excluding hydrogens is 206 g/mol. The van der Waals surface area contributed by atoms with Crippen molar-refractivity contribution in [3.05, 3.63) is 35.9 Å². The minimum Gasteiger partial charge on any atom is -0.465 e. The zero-order chi connectivity index (χ0) is 12.0. The predicted molar refractivity (Wildman–Crippen MR) is 61.4 cm³/mol. The first-order chi connectivity index (χ1) is 7.58. The van der Waals surface area contributed by atoms with Crippen LogP contribution in [0.3, 0.4) is 0 Å². The highest BCUT2D eigenvalue weighted by Gasteiger charge is 2.12. The van der Waals surface area contributed by atoms with Crippen molar-refractivity contribution in [3.8, 4) is 0 Å². The Morgan fingerprint density at radius 3 is 2.56 bits per heavy atom. The fourth-order valence-corrected chi connectivity index (χ4v) is 1.65. The molecule has 0 aliphatic carbocycles.